The van der Waals surface area contributed by atoms with Gasteiger partial charge in [-0.05, 0) is 36.6 Å². The minimum Gasteiger partial charge on any atom is -0.387 e. The number of benzene rings is 1. The summed E-state index contributed by atoms with van der Waals surface area (Å²) in [6, 6.07) is 8.03. The van der Waals surface area contributed by atoms with Gasteiger partial charge in [0.15, 0.2) is 5.65 Å². The van der Waals surface area contributed by atoms with E-state index in [-0.39, 0.29) is 17.6 Å². The summed E-state index contributed by atoms with van der Waals surface area (Å²) in [4.78, 5) is 35.9. The van der Waals surface area contributed by atoms with Crippen molar-refractivity contribution in [2.24, 2.45) is 7.05 Å². The number of piperidine rings is 1. The highest BCUT2D eigenvalue weighted by atomic mass is 16.3. The summed E-state index contributed by atoms with van der Waals surface area (Å²) in [5.74, 6) is -0.272. The zero-order valence-corrected chi connectivity index (χ0v) is 18.6. The molecular formula is C24H23N7O3. The standard InChI is InChI=1S/C24H23N7O3/c1-29-20-12-25-19-3-2-14(15-8-16-11-27-28-23(16)26-10-15)9-18(19)22(20)31(24(29)34)17-4-6-30(7-5-17)21(33)13-32/h2-3,8-12,17,32H,4-7,13H2,1H3,(H,26,27,28). The number of rotatable bonds is 3. The van der Waals surface area contributed by atoms with Gasteiger partial charge in [0.25, 0.3) is 0 Å². The minimum atomic E-state index is -0.489. The Labute approximate surface area is 193 Å². The van der Waals surface area contributed by atoms with E-state index >= 15 is 0 Å². The van der Waals surface area contributed by atoms with E-state index in [2.05, 4.69) is 26.2 Å². The van der Waals surface area contributed by atoms with Crippen LogP contribution in [0.15, 0.2) is 47.7 Å². The topological polar surface area (TPSA) is 122 Å². The van der Waals surface area contributed by atoms with Crippen molar-refractivity contribution in [3.05, 3.63) is 53.3 Å². The van der Waals surface area contributed by atoms with E-state index in [0.717, 1.165) is 44.1 Å². The monoisotopic (exact) mass is 457 g/mol. The number of likely N-dealkylation sites (tertiary alicyclic amines) is 1. The molecule has 10 heteroatoms. The summed E-state index contributed by atoms with van der Waals surface area (Å²) in [6.07, 6.45) is 6.60. The summed E-state index contributed by atoms with van der Waals surface area (Å²) in [6.45, 7) is 0.534. The molecular weight excluding hydrogens is 434 g/mol. The van der Waals surface area contributed by atoms with Gasteiger partial charge in [-0.3, -0.25) is 24.0 Å². The van der Waals surface area contributed by atoms with Gasteiger partial charge in [0.05, 0.1) is 28.9 Å². The van der Waals surface area contributed by atoms with Crippen LogP contribution >= 0.6 is 0 Å². The zero-order valence-electron chi connectivity index (χ0n) is 18.6. The fourth-order valence-corrected chi connectivity index (χ4v) is 5.01. The summed E-state index contributed by atoms with van der Waals surface area (Å²) < 4.78 is 3.50. The molecule has 0 spiro atoms. The normalized spacial score (nSPS) is 15.1. The lowest BCUT2D eigenvalue weighted by atomic mass is 10.0. The number of aliphatic hydroxyl groups excluding tert-OH is 1. The van der Waals surface area contributed by atoms with E-state index in [1.54, 1.807) is 35.1 Å². The van der Waals surface area contributed by atoms with Crippen molar-refractivity contribution < 1.29 is 9.90 Å². The van der Waals surface area contributed by atoms with Crippen LogP contribution in [0.5, 0.6) is 0 Å². The van der Waals surface area contributed by atoms with Crippen LogP contribution in [0.25, 0.3) is 44.1 Å². The maximum atomic E-state index is 13.3. The van der Waals surface area contributed by atoms with Crippen LogP contribution in [0.4, 0.5) is 0 Å². The zero-order chi connectivity index (χ0) is 23.4. The molecule has 1 aliphatic rings. The molecule has 6 rings (SSSR count). The van der Waals surface area contributed by atoms with E-state index in [9.17, 15) is 14.7 Å². The molecule has 1 aliphatic heterocycles. The van der Waals surface area contributed by atoms with Crippen molar-refractivity contribution >= 4 is 38.9 Å². The van der Waals surface area contributed by atoms with Crippen LogP contribution in [-0.2, 0) is 11.8 Å². The number of aliphatic hydroxyl groups is 1. The molecule has 1 fully saturated rings. The van der Waals surface area contributed by atoms with E-state index in [1.165, 1.54) is 0 Å². The molecule has 10 nitrogen and oxygen atoms in total. The third-order valence-corrected chi connectivity index (χ3v) is 6.86. The number of hydrogen-bond donors (Lipinski definition) is 2. The molecule has 0 bridgehead atoms. The van der Waals surface area contributed by atoms with Gasteiger partial charge in [-0.15, -0.1) is 0 Å². The van der Waals surface area contributed by atoms with Crippen molar-refractivity contribution in [3.8, 4) is 11.1 Å². The van der Waals surface area contributed by atoms with Crippen molar-refractivity contribution in [3.63, 3.8) is 0 Å². The smallest absolute Gasteiger partial charge is 0.329 e. The Morgan fingerprint density at radius 1 is 1.12 bits per heavy atom. The Hall–Kier alpha value is -4.05. The van der Waals surface area contributed by atoms with Crippen LogP contribution in [0.2, 0.25) is 0 Å². The number of nitrogens with zero attached hydrogens (tertiary/aromatic N) is 6. The second kappa shape index (κ2) is 7.77. The summed E-state index contributed by atoms with van der Waals surface area (Å²) in [5, 5.41) is 17.9. The largest absolute Gasteiger partial charge is 0.387 e. The second-order valence-electron chi connectivity index (χ2n) is 8.74. The molecule has 172 valence electrons. The first-order chi connectivity index (χ1) is 16.5. The van der Waals surface area contributed by atoms with Crippen LogP contribution < -0.4 is 5.69 Å². The number of imidazole rings is 1. The van der Waals surface area contributed by atoms with Gasteiger partial charge in [0, 0.05) is 48.7 Å². The number of pyridine rings is 2. The lowest BCUT2D eigenvalue weighted by Gasteiger charge is -2.32. The van der Waals surface area contributed by atoms with Crippen molar-refractivity contribution in [2.45, 2.75) is 18.9 Å². The molecule has 5 aromatic rings. The van der Waals surface area contributed by atoms with Gasteiger partial charge in [0.2, 0.25) is 5.91 Å². The van der Waals surface area contributed by atoms with Crippen LogP contribution in [0.3, 0.4) is 0 Å². The lowest BCUT2D eigenvalue weighted by Crippen LogP contribution is -2.42. The number of nitrogens with one attached hydrogen (secondary N) is 1. The maximum absolute atomic E-state index is 13.3. The number of hydrogen-bond acceptors (Lipinski definition) is 6. The average Bonchev–Trinajstić information content (AvgIpc) is 3.45. The Bertz CT molecular complexity index is 1620. The average molecular weight is 457 g/mol. The number of carbonyl (C=O) groups is 1. The Morgan fingerprint density at radius 2 is 1.94 bits per heavy atom. The van der Waals surface area contributed by atoms with E-state index < -0.39 is 6.61 Å². The van der Waals surface area contributed by atoms with Gasteiger partial charge < -0.3 is 10.0 Å². The van der Waals surface area contributed by atoms with Gasteiger partial charge in [-0.2, -0.15) is 5.10 Å². The minimum absolute atomic E-state index is 0.0443. The third-order valence-electron chi connectivity index (χ3n) is 6.86. The lowest BCUT2D eigenvalue weighted by molar-refractivity contribution is -0.135. The van der Waals surface area contributed by atoms with Crippen molar-refractivity contribution in [1.29, 1.82) is 0 Å². The molecule has 1 aromatic carbocycles. The van der Waals surface area contributed by atoms with Gasteiger partial charge in [-0.25, -0.2) is 9.78 Å². The molecule has 0 aliphatic carbocycles. The highest BCUT2D eigenvalue weighted by Gasteiger charge is 2.27. The number of carbonyl (C=O) groups excluding carboxylic acids is 1. The fourth-order valence-electron chi connectivity index (χ4n) is 5.01. The van der Waals surface area contributed by atoms with E-state index in [4.69, 9.17) is 0 Å². The molecule has 5 heterocycles. The molecule has 34 heavy (non-hydrogen) atoms. The number of fused-ring (bicyclic) bond motifs is 4. The van der Waals surface area contributed by atoms with Crippen LogP contribution in [0, 0.1) is 0 Å². The SMILES string of the molecule is Cn1c(=O)n(C2CCN(C(=O)CO)CC2)c2c3cc(-c4cnc5[nH]ncc5c4)ccc3ncc21. The number of aromatic amines is 1. The first-order valence-electron chi connectivity index (χ1n) is 11.2. The van der Waals surface area contributed by atoms with Gasteiger partial charge in [-0.1, -0.05) is 6.07 Å². The van der Waals surface area contributed by atoms with Crippen molar-refractivity contribution in [2.75, 3.05) is 19.7 Å². The molecule has 0 saturated carbocycles. The summed E-state index contributed by atoms with van der Waals surface area (Å²) in [5.41, 5.74) is 4.99. The molecule has 1 saturated heterocycles. The van der Waals surface area contributed by atoms with Crippen LogP contribution in [0.1, 0.15) is 18.9 Å². The molecule has 2 N–H and O–H groups in total. The molecule has 0 radical (unpaired) electrons. The van der Waals surface area contributed by atoms with Gasteiger partial charge in [0.1, 0.15) is 6.61 Å². The quantitative estimate of drug-likeness (QED) is 0.427. The number of aryl methyl sites for hydroxylation is 1. The summed E-state index contributed by atoms with van der Waals surface area (Å²) in [7, 11) is 1.76. The second-order valence-corrected chi connectivity index (χ2v) is 8.74. The van der Waals surface area contributed by atoms with E-state index in [1.807, 2.05) is 22.8 Å². The maximum Gasteiger partial charge on any atom is 0.329 e. The van der Waals surface area contributed by atoms with Crippen molar-refractivity contribution in [1.82, 2.24) is 34.2 Å². The van der Waals surface area contributed by atoms with E-state index in [0.29, 0.717) is 25.9 Å². The first kappa shape index (κ1) is 20.5. The predicted octanol–water partition coefficient (Wildman–Crippen LogP) is 1.98. The van der Waals surface area contributed by atoms with Gasteiger partial charge >= 0.3 is 5.69 Å². The number of amides is 1. The Balaban J connectivity index is 1.50. The van der Waals surface area contributed by atoms with Crippen LogP contribution in [-0.4, -0.2) is 64.9 Å². The number of H-pyrrole nitrogens is 1. The highest BCUT2D eigenvalue weighted by molar-refractivity contribution is 6.04. The number of aromatic nitrogens is 6. The fraction of sp³-hybridized carbons (Fsp3) is 0.292. The predicted molar refractivity (Wildman–Crippen MR) is 127 cm³/mol. The molecule has 1 amide bonds. The summed E-state index contributed by atoms with van der Waals surface area (Å²) >= 11 is 0. The molecule has 0 unspecified atom stereocenters. The molecule has 4 aromatic heterocycles. The Morgan fingerprint density at radius 3 is 2.74 bits per heavy atom. The molecule has 0 atom stereocenters. The third kappa shape index (κ3) is 3.10. The Kier molecular flexibility index (Phi) is 4.70. The first-order valence-corrected chi connectivity index (χ1v) is 11.2. The highest BCUT2D eigenvalue weighted by Crippen LogP contribution is 2.32.